The largest absolute Gasteiger partial charge is 0.468 e. The van der Waals surface area contributed by atoms with Crippen LogP contribution in [0.3, 0.4) is 0 Å². The van der Waals surface area contributed by atoms with Crippen molar-refractivity contribution in [3.8, 4) is 0 Å². The molecule has 0 bridgehead atoms. The number of nitrogens with zero attached hydrogens (tertiary/aromatic N) is 1. The van der Waals surface area contributed by atoms with Gasteiger partial charge in [0.1, 0.15) is 5.76 Å². The van der Waals surface area contributed by atoms with Crippen molar-refractivity contribution in [3.63, 3.8) is 0 Å². The lowest BCUT2D eigenvalue weighted by Crippen LogP contribution is -2.42. The Morgan fingerprint density at radius 2 is 2.22 bits per heavy atom. The quantitative estimate of drug-likeness (QED) is 0.808. The monoisotopic (exact) mass is 250 g/mol. The fourth-order valence-corrected chi connectivity index (χ4v) is 2.98. The summed E-state index contributed by atoms with van der Waals surface area (Å²) in [6, 6.07) is 5.03. The van der Waals surface area contributed by atoms with E-state index in [4.69, 9.17) is 10.2 Å². The summed E-state index contributed by atoms with van der Waals surface area (Å²) in [5, 5.41) is 0. The normalized spacial score (nSPS) is 18.6. The summed E-state index contributed by atoms with van der Waals surface area (Å²) < 4.78 is 5.48. The first-order valence-corrected chi connectivity index (χ1v) is 7.31. The van der Waals surface area contributed by atoms with E-state index in [2.05, 4.69) is 17.9 Å². The van der Waals surface area contributed by atoms with Gasteiger partial charge in [-0.2, -0.15) is 0 Å². The Labute approximate surface area is 110 Å². The fourth-order valence-electron chi connectivity index (χ4n) is 2.98. The van der Waals surface area contributed by atoms with Crippen molar-refractivity contribution in [1.29, 1.82) is 0 Å². The van der Waals surface area contributed by atoms with E-state index in [9.17, 15) is 0 Å². The molecule has 1 atom stereocenters. The molecule has 0 spiro atoms. The lowest BCUT2D eigenvalue weighted by molar-refractivity contribution is 0.163. The van der Waals surface area contributed by atoms with Gasteiger partial charge in [0, 0.05) is 18.6 Å². The molecule has 1 aliphatic carbocycles. The van der Waals surface area contributed by atoms with Crippen molar-refractivity contribution in [2.24, 2.45) is 5.73 Å². The predicted octanol–water partition coefficient (Wildman–Crippen LogP) is 3.15. The molecular weight excluding hydrogens is 224 g/mol. The van der Waals surface area contributed by atoms with E-state index in [1.807, 2.05) is 6.07 Å². The summed E-state index contributed by atoms with van der Waals surface area (Å²) in [5.41, 5.74) is 6.21. The van der Waals surface area contributed by atoms with Gasteiger partial charge in [0.05, 0.1) is 12.8 Å². The predicted molar refractivity (Wildman–Crippen MR) is 74.3 cm³/mol. The molecule has 18 heavy (non-hydrogen) atoms. The van der Waals surface area contributed by atoms with E-state index in [-0.39, 0.29) is 0 Å². The molecule has 102 valence electrons. The minimum absolute atomic E-state index is 0.297. The molecule has 1 aliphatic rings. The Hall–Kier alpha value is -0.800. The molecule has 0 amide bonds. The van der Waals surface area contributed by atoms with Crippen LogP contribution in [0.2, 0.25) is 0 Å². The smallest absolute Gasteiger partial charge is 0.117 e. The molecule has 1 heterocycles. The van der Waals surface area contributed by atoms with E-state index in [0.717, 1.165) is 25.3 Å². The molecule has 0 unspecified atom stereocenters. The fraction of sp³-hybridized carbons (Fsp3) is 0.733. The van der Waals surface area contributed by atoms with Crippen molar-refractivity contribution in [2.75, 3.05) is 6.54 Å². The molecule has 0 saturated heterocycles. The van der Waals surface area contributed by atoms with E-state index in [1.165, 1.54) is 32.1 Å². The Kier molecular flexibility index (Phi) is 5.26. The summed E-state index contributed by atoms with van der Waals surface area (Å²) in [6.45, 7) is 4.11. The SMILES string of the molecule is CCC[C@@H](N)CN(Cc1ccco1)C1CCCC1. The van der Waals surface area contributed by atoms with Crippen LogP contribution in [0.1, 0.15) is 51.2 Å². The zero-order valence-corrected chi connectivity index (χ0v) is 11.5. The number of hydrogen-bond acceptors (Lipinski definition) is 3. The van der Waals surface area contributed by atoms with Crippen LogP contribution in [0.15, 0.2) is 22.8 Å². The van der Waals surface area contributed by atoms with Crippen molar-refractivity contribution < 1.29 is 4.42 Å². The van der Waals surface area contributed by atoms with E-state index < -0.39 is 0 Å². The third-order valence-corrected chi connectivity index (χ3v) is 3.91. The Balaban J connectivity index is 1.93. The number of furan rings is 1. The van der Waals surface area contributed by atoms with Crippen LogP contribution in [0.25, 0.3) is 0 Å². The second-order valence-corrected chi connectivity index (χ2v) is 5.50. The summed E-state index contributed by atoms with van der Waals surface area (Å²) in [4.78, 5) is 2.53. The molecule has 1 saturated carbocycles. The maximum atomic E-state index is 6.21. The Morgan fingerprint density at radius 3 is 2.83 bits per heavy atom. The summed E-state index contributed by atoms with van der Waals surface area (Å²) in [7, 11) is 0. The average molecular weight is 250 g/mol. The van der Waals surface area contributed by atoms with Gasteiger partial charge in [0.2, 0.25) is 0 Å². The molecule has 0 aromatic carbocycles. The van der Waals surface area contributed by atoms with Gasteiger partial charge in [-0.3, -0.25) is 4.90 Å². The van der Waals surface area contributed by atoms with Gasteiger partial charge in [0.15, 0.2) is 0 Å². The highest BCUT2D eigenvalue weighted by molar-refractivity contribution is 4.99. The number of nitrogens with two attached hydrogens (primary N) is 1. The lowest BCUT2D eigenvalue weighted by atomic mass is 10.1. The van der Waals surface area contributed by atoms with Gasteiger partial charge in [-0.1, -0.05) is 26.2 Å². The zero-order chi connectivity index (χ0) is 12.8. The lowest BCUT2D eigenvalue weighted by Gasteiger charge is -2.30. The van der Waals surface area contributed by atoms with Crippen LogP contribution in [0.5, 0.6) is 0 Å². The van der Waals surface area contributed by atoms with Gasteiger partial charge >= 0.3 is 0 Å². The third-order valence-electron chi connectivity index (χ3n) is 3.91. The second kappa shape index (κ2) is 6.95. The molecule has 1 aromatic rings. The van der Waals surface area contributed by atoms with Crippen molar-refractivity contribution >= 4 is 0 Å². The number of hydrogen-bond donors (Lipinski definition) is 1. The topological polar surface area (TPSA) is 42.4 Å². The minimum atomic E-state index is 0.297. The first-order valence-electron chi connectivity index (χ1n) is 7.31. The standard InChI is InChI=1S/C15H26N2O/c1-2-6-13(16)11-17(14-7-3-4-8-14)12-15-9-5-10-18-15/h5,9-10,13-14H,2-4,6-8,11-12,16H2,1H3/t13-/m1/s1. The number of rotatable bonds is 7. The van der Waals surface area contributed by atoms with Crippen LogP contribution in [0, 0.1) is 0 Å². The van der Waals surface area contributed by atoms with Crippen LogP contribution in [-0.2, 0) is 6.54 Å². The van der Waals surface area contributed by atoms with E-state index in [1.54, 1.807) is 6.26 Å². The van der Waals surface area contributed by atoms with Crippen molar-refractivity contribution in [2.45, 2.75) is 64.1 Å². The van der Waals surface area contributed by atoms with Crippen molar-refractivity contribution in [3.05, 3.63) is 24.2 Å². The summed E-state index contributed by atoms with van der Waals surface area (Å²) >= 11 is 0. The second-order valence-electron chi connectivity index (χ2n) is 5.50. The van der Waals surface area contributed by atoms with Gasteiger partial charge in [-0.05, 0) is 31.4 Å². The van der Waals surface area contributed by atoms with Crippen molar-refractivity contribution in [1.82, 2.24) is 4.90 Å². The molecule has 0 aliphatic heterocycles. The van der Waals surface area contributed by atoms with Crippen LogP contribution in [0.4, 0.5) is 0 Å². The van der Waals surface area contributed by atoms with Gasteiger partial charge in [-0.25, -0.2) is 0 Å². The highest BCUT2D eigenvalue weighted by Gasteiger charge is 2.24. The van der Waals surface area contributed by atoms with E-state index >= 15 is 0 Å². The van der Waals surface area contributed by atoms with Gasteiger partial charge < -0.3 is 10.2 Å². The molecular formula is C15H26N2O. The van der Waals surface area contributed by atoms with Crippen LogP contribution in [-0.4, -0.2) is 23.5 Å². The van der Waals surface area contributed by atoms with Crippen LogP contribution >= 0.6 is 0 Å². The molecule has 3 nitrogen and oxygen atoms in total. The first-order chi connectivity index (χ1) is 8.79. The van der Waals surface area contributed by atoms with Gasteiger partial charge in [0.25, 0.3) is 0 Å². The molecule has 2 rings (SSSR count). The minimum Gasteiger partial charge on any atom is -0.468 e. The van der Waals surface area contributed by atoms with Gasteiger partial charge in [-0.15, -0.1) is 0 Å². The highest BCUT2D eigenvalue weighted by atomic mass is 16.3. The zero-order valence-electron chi connectivity index (χ0n) is 11.5. The Morgan fingerprint density at radius 1 is 1.44 bits per heavy atom. The third kappa shape index (κ3) is 3.85. The first kappa shape index (κ1) is 13.6. The Bertz CT molecular complexity index is 317. The molecule has 3 heteroatoms. The molecule has 1 aromatic heterocycles. The summed E-state index contributed by atoms with van der Waals surface area (Å²) in [5.74, 6) is 1.06. The molecule has 0 radical (unpaired) electrons. The molecule has 2 N–H and O–H groups in total. The van der Waals surface area contributed by atoms with E-state index in [0.29, 0.717) is 12.1 Å². The highest BCUT2D eigenvalue weighted by Crippen LogP contribution is 2.25. The summed E-state index contributed by atoms with van der Waals surface area (Å²) in [6.07, 6.45) is 9.40. The molecule has 1 fully saturated rings. The maximum Gasteiger partial charge on any atom is 0.117 e. The maximum absolute atomic E-state index is 6.21. The average Bonchev–Trinajstić information content (AvgIpc) is 3.01. The van der Waals surface area contributed by atoms with Crippen LogP contribution < -0.4 is 5.73 Å².